The van der Waals surface area contributed by atoms with Crippen molar-refractivity contribution >= 4 is 23.1 Å². The van der Waals surface area contributed by atoms with Crippen LogP contribution < -0.4 is 16.0 Å². The fraction of sp³-hybridized carbons (Fsp3) is 0.577. The molecular weight excluding hydrogens is 452 g/mol. The number of rotatable bonds is 9. The number of ether oxygens (including phenoxy) is 3. The Hall–Kier alpha value is -1.90. The van der Waals surface area contributed by atoms with Gasteiger partial charge in [-0.15, -0.1) is 0 Å². The molecule has 0 saturated carbocycles. The molecular formula is C26H35ClN4O3. The molecule has 0 radical (unpaired) electrons. The number of halogens is 1. The Balaban J connectivity index is 1.18. The van der Waals surface area contributed by atoms with Crippen LogP contribution in [-0.4, -0.2) is 63.4 Å². The van der Waals surface area contributed by atoms with E-state index in [1.54, 1.807) is 13.3 Å². The number of benzene rings is 1. The number of aromatic nitrogens is 1. The Morgan fingerprint density at radius 1 is 1.18 bits per heavy atom. The molecule has 3 fully saturated rings. The van der Waals surface area contributed by atoms with Crippen LogP contribution in [-0.2, 0) is 14.2 Å². The molecule has 5 rings (SSSR count). The number of nitrogens with one attached hydrogen (secondary N) is 3. The average Bonchev–Trinajstić information content (AvgIpc) is 3.64. The third kappa shape index (κ3) is 6.01. The van der Waals surface area contributed by atoms with Crippen LogP contribution in [0.3, 0.4) is 0 Å². The molecule has 1 aromatic heterocycles. The van der Waals surface area contributed by atoms with Gasteiger partial charge in [0.15, 0.2) is 6.23 Å². The lowest BCUT2D eigenvalue weighted by Crippen LogP contribution is -2.43. The van der Waals surface area contributed by atoms with Gasteiger partial charge in [-0.05, 0) is 55.4 Å². The number of epoxide rings is 1. The topological polar surface area (TPSA) is 80.0 Å². The first-order chi connectivity index (χ1) is 16.7. The molecule has 1 aromatic carbocycles. The van der Waals surface area contributed by atoms with Crippen molar-refractivity contribution in [2.45, 2.75) is 44.1 Å². The van der Waals surface area contributed by atoms with Gasteiger partial charge in [-0.25, -0.2) is 4.98 Å². The highest BCUT2D eigenvalue weighted by Crippen LogP contribution is 2.36. The molecule has 0 aliphatic carbocycles. The van der Waals surface area contributed by atoms with Gasteiger partial charge in [0.2, 0.25) is 0 Å². The van der Waals surface area contributed by atoms with Gasteiger partial charge in [-0.2, -0.15) is 0 Å². The maximum atomic E-state index is 6.55. The minimum absolute atomic E-state index is 0.000209. The Kier molecular flexibility index (Phi) is 7.87. The van der Waals surface area contributed by atoms with Gasteiger partial charge in [0.25, 0.3) is 0 Å². The fourth-order valence-electron chi connectivity index (χ4n) is 5.05. The summed E-state index contributed by atoms with van der Waals surface area (Å²) >= 11 is 6.55. The summed E-state index contributed by atoms with van der Waals surface area (Å²) in [7, 11) is 1.76. The molecule has 7 nitrogen and oxygen atoms in total. The number of hydrogen-bond donors (Lipinski definition) is 3. The quantitative estimate of drug-likeness (QED) is 0.453. The fourth-order valence-corrected chi connectivity index (χ4v) is 5.27. The molecule has 4 heterocycles. The van der Waals surface area contributed by atoms with E-state index in [0.29, 0.717) is 22.9 Å². The zero-order valence-electron chi connectivity index (χ0n) is 19.8. The summed E-state index contributed by atoms with van der Waals surface area (Å²) in [6, 6.07) is 10.9. The van der Waals surface area contributed by atoms with E-state index in [9.17, 15) is 0 Å². The summed E-state index contributed by atoms with van der Waals surface area (Å²) in [4.78, 5) is 4.50. The van der Waals surface area contributed by atoms with Crippen LogP contribution in [0.15, 0.2) is 36.5 Å². The number of pyridine rings is 1. The van der Waals surface area contributed by atoms with Crippen molar-refractivity contribution in [3.05, 3.63) is 41.6 Å². The van der Waals surface area contributed by atoms with E-state index >= 15 is 0 Å². The summed E-state index contributed by atoms with van der Waals surface area (Å²) in [6.45, 7) is 4.43. The predicted molar refractivity (Wildman–Crippen MR) is 135 cm³/mol. The van der Waals surface area contributed by atoms with Crippen LogP contribution >= 0.6 is 11.6 Å². The van der Waals surface area contributed by atoms with Crippen LogP contribution in [0, 0.1) is 11.8 Å². The molecule has 0 bridgehead atoms. The second-order valence-electron chi connectivity index (χ2n) is 9.63. The third-order valence-corrected chi connectivity index (χ3v) is 7.47. The summed E-state index contributed by atoms with van der Waals surface area (Å²) in [5.41, 5.74) is 3.14. The van der Waals surface area contributed by atoms with Gasteiger partial charge < -0.3 is 30.2 Å². The second-order valence-corrected chi connectivity index (χ2v) is 10.0. The zero-order valence-corrected chi connectivity index (χ0v) is 20.5. The number of anilines is 2. The minimum Gasteiger partial charge on any atom is -0.385 e. The summed E-state index contributed by atoms with van der Waals surface area (Å²) < 4.78 is 16.7. The SMILES string of the molecule is COCC1CCC(C2OC2Nc2cc(-c3cccc(NCC4CCOCC4)c3)c(Cl)cn2)CN1. The molecule has 3 aliphatic heterocycles. The van der Waals surface area contributed by atoms with Crippen molar-refractivity contribution in [2.24, 2.45) is 11.8 Å². The first kappa shape index (κ1) is 23.8. The molecule has 0 spiro atoms. The van der Waals surface area contributed by atoms with Crippen LogP contribution in [0.4, 0.5) is 11.5 Å². The summed E-state index contributed by atoms with van der Waals surface area (Å²) in [5, 5.41) is 11.3. The molecule has 0 amide bonds. The number of nitrogens with zero attached hydrogens (tertiary/aromatic N) is 1. The lowest BCUT2D eigenvalue weighted by atomic mass is 9.92. The summed E-state index contributed by atoms with van der Waals surface area (Å²) in [5.74, 6) is 1.96. The van der Waals surface area contributed by atoms with Crippen molar-refractivity contribution in [3.8, 4) is 11.1 Å². The van der Waals surface area contributed by atoms with Crippen molar-refractivity contribution < 1.29 is 14.2 Å². The number of hydrogen-bond acceptors (Lipinski definition) is 7. The molecule has 3 saturated heterocycles. The lowest BCUT2D eigenvalue weighted by Gasteiger charge is -2.28. The van der Waals surface area contributed by atoms with Crippen molar-refractivity contribution in [1.82, 2.24) is 10.3 Å². The maximum absolute atomic E-state index is 6.55. The molecule has 3 N–H and O–H groups in total. The van der Waals surface area contributed by atoms with Gasteiger partial charge in [-0.3, -0.25) is 0 Å². The Bertz CT molecular complexity index is 947. The molecule has 34 heavy (non-hydrogen) atoms. The maximum Gasteiger partial charge on any atom is 0.156 e. The van der Waals surface area contributed by atoms with E-state index in [1.165, 1.54) is 0 Å². The highest BCUT2D eigenvalue weighted by Gasteiger charge is 2.46. The van der Waals surface area contributed by atoms with E-state index in [4.69, 9.17) is 25.8 Å². The van der Waals surface area contributed by atoms with E-state index in [2.05, 4.69) is 45.2 Å². The standard InChI is InChI=1S/C26H35ClN4O3/c1-32-16-21-6-5-19(14-29-21)25-26(34-25)31-24-12-22(23(27)15-30-24)18-3-2-4-20(11-18)28-13-17-7-9-33-10-8-17/h2-4,11-12,15,17,19,21,25-26,28-29H,5-10,13-14,16H2,1H3,(H,30,31). The largest absolute Gasteiger partial charge is 0.385 e. The van der Waals surface area contributed by atoms with Crippen molar-refractivity contribution in [1.29, 1.82) is 0 Å². The summed E-state index contributed by atoms with van der Waals surface area (Å²) in [6.07, 6.45) is 6.44. The monoisotopic (exact) mass is 486 g/mol. The number of piperidine rings is 1. The first-order valence-corrected chi connectivity index (χ1v) is 12.8. The first-order valence-electron chi connectivity index (χ1n) is 12.4. The van der Waals surface area contributed by atoms with E-state index in [0.717, 1.165) is 81.2 Å². The van der Waals surface area contributed by atoms with Gasteiger partial charge in [0, 0.05) is 62.8 Å². The van der Waals surface area contributed by atoms with Crippen LogP contribution in [0.1, 0.15) is 25.7 Å². The van der Waals surface area contributed by atoms with E-state index < -0.39 is 0 Å². The lowest BCUT2D eigenvalue weighted by molar-refractivity contribution is 0.0699. The van der Waals surface area contributed by atoms with E-state index in [-0.39, 0.29) is 12.3 Å². The van der Waals surface area contributed by atoms with Crippen molar-refractivity contribution in [3.63, 3.8) is 0 Å². The zero-order chi connectivity index (χ0) is 23.3. The van der Waals surface area contributed by atoms with Gasteiger partial charge in [0.05, 0.1) is 11.6 Å². The Labute approximate surface area is 206 Å². The number of methoxy groups -OCH3 is 1. The highest BCUT2D eigenvalue weighted by atomic mass is 35.5. The molecule has 8 heteroatoms. The van der Waals surface area contributed by atoms with Gasteiger partial charge in [-0.1, -0.05) is 23.7 Å². The predicted octanol–water partition coefficient (Wildman–Crippen LogP) is 4.39. The smallest absolute Gasteiger partial charge is 0.156 e. The minimum atomic E-state index is -0.000209. The molecule has 184 valence electrons. The Morgan fingerprint density at radius 2 is 2.06 bits per heavy atom. The van der Waals surface area contributed by atoms with Gasteiger partial charge in [0.1, 0.15) is 11.9 Å². The molecule has 4 atom stereocenters. The van der Waals surface area contributed by atoms with Crippen LogP contribution in [0.25, 0.3) is 11.1 Å². The van der Waals surface area contributed by atoms with Crippen LogP contribution in [0.5, 0.6) is 0 Å². The third-order valence-electron chi connectivity index (χ3n) is 7.17. The van der Waals surface area contributed by atoms with Crippen LogP contribution in [0.2, 0.25) is 5.02 Å². The van der Waals surface area contributed by atoms with E-state index in [1.807, 2.05) is 6.07 Å². The van der Waals surface area contributed by atoms with Gasteiger partial charge >= 0.3 is 0 Å². The highest BCUT2D eigenvalue weighted by molar-refractivity contribution is 6.33. The average molecular weight is 487 g/mol. The molecule has 3 aliphatic rings. The Morgan fingerprint density at radius 3 is 2.85 bits per heavy atom. The van der Waals surface area contributed by atoms with Crippen molar-refractivity contribution in [2.75, 3.05) is 50.7 Å². The normalized spacial score (nSPS) is 27.4. The molecule has 4 unspecified atom stereocenters. The second kappa shape index (κ2) is 11.2. The molecule has 2 aromatic rings.